The summed E-state index contributed by atoms with van der Waals surface area (Å²) in [7, 11) is 0. The number of rotatable bonds is 4. The zero-order valence-corrected chi connectivity index (χ0v) is 11.8. The van der Waals surface area contributed by atoms with E-state index in [1.807, 2.05) is 26.0 Å². The molecule has 2 rings (SSSR count). The van der Waals surface area contributed by atoms with Crippen LogP contribution in [0.3, 0.4) is 0 Å². The molecule has 0 saturated carbocycles. The predicted molar refractivity (Wildman–Crippen MR) is 75.8 cm³/mol. The van der Waals surface area contributed by atoms with Crippen molar-refractivity contribution in [1.29, 1.82) is 5.26 Å². The number of nitriles is 1. The van der Waals surface area contributed by atoms with Crippen molar-refractivity contribution in [2.24, 2.45) is 11.1 Å². The average molecular weight is 258 g/mol. The normalized spacial score (nSPS) is 18.5. The van der Waals surface area contributed by atoms with Crippen LogP contribution < -0.4 is 10.5 Å². The molecule has 1 atom stereocenters. The van der Waals surface area contributed by atoms with Crippen molar-refractivity contribution in [2.45, 2.75) is 45.6 Å². The highest BCUT2D eigenvalue weighted by Gasteiger charge is 2.21. The van der Waals surface area contributed by atoms with Gasteiger partial charge in [0.05, 0.1) is 18.1 Å². The summed E-state index contributed by atoms with van der Waals surface area (Å²) >= 11 is 0. The highest BCUT2D eigenvalue weighted by molar-refractivity contribution is 5.43. The van der Waals surface area contributed by atoms with Gasteiger partial charge < -0.3 is 10.5 Å². The van der Waals surface area contributed by atoms with Crippen LogP contribution in [-0.2, 0) is 6.42 Å². The molecule has 1 unspecified atom stereocenters. The van der Waals surface area contributed by atoms with Gasteiger partial charge in [0.15, 0.2) is 0 Å². The molecule has 102 valence electrons. The van der Waals surface area contributed by atoms with E-state index in [-0.39, 0.29) is 11.5 Å². The molecule has 0 aliphatic heterocycles. The summed E-state index contributed by atoms with van der Waals surface area (Å²) in [6.45, 7) is 4.45. The van der Waals surface area contributed by atoms with Crippen molar-refractivity contribution >= 4 is 0 Å². The van der Waals surface area contributed by atoms with Gasteiger partial charge in [-0.2, -0.15) is 5.26 Å². The number of hydrogen-bond acceptors (Lipinski definition) is 3. The fourth-order valence-electron chi connectivity index (χ4n) is 2.46. The van der Waals surface area contributed by atoms with Crippen molar-refractivity contribution in [3.8, 4) is 11.8 Å². The molecule has 0 saturated heterocycles. The van der Waals surface area contributed by atoms with Crippen LogP contribution >= 0.6 is 0 Å². The van der Waals surface area contributed by atoms with Gasteiger partial charge in [-0.15, -0.1) is 0 Å². The minimum atomic E-state index is -0.328. The fraction of sp³-hybridized carbons (Fsp3) is 0.562. The fourth-order valence-corrected chi connectivity index (χ4v) is 2.46. The maximum Gasteiger partial charge on any atom is 0.122 e. The summed E-state index contributed by atoms with van der Waals surface area (Å²) in [6, 6.07) is 8.56. The Labute approximate surface area is 115 Å². The summed E-state index contributed by atoms with van der Waals surface area (Å²) in [5.74, 6) is 0.946. The lowest BCUT2D eigenvalue weighted by Gasteiger charge is -2.25. The maximum atomic E-state index is 9.00. The predicted octanol–water partition coefficient (Wildman–Crippen LogP) is 3.34. The SMILES string of the molecule is CC(C)(C#N)CCOc1cccc2c1CCCC2N. The molecule has 3 nitrogen and oxygen atoms in total. The number of hydrogen-bond donors (Lipinski definition) is 1. The Morgan fingerprint density at radius 1 is 1.47 bits per heavy atom. The molecule has 0 heterocycles. The van der Waals surface area contributed by atoms with Crippen LogP contribution in [0.4, 0.5) is 0 Å². The van der Waals surface area contributed by atoms with Gasteiger partial charge in [-0.1, -0.05) is 12.1 Å². The molecular formula is C16H22N2O. The third-order valence-electron chi connectivity index (χ3n) is 3.80. The van der Waals surface area contributed by atoms with Crippen LogP contribution in [0, 0.1) is 16.7 Å². The summed E-state index contributed by atoms with van der Waals surface area (Å²) in [4.78, 5) is 0. The molecule has 1 aliphatic carbocycles. The van der Waals surface area contributed by atoms with Gasteiger partial charge in [0.2, 0.25) is 0 Å². The Morgan fingerprint density at radius 3 is 3.00 bits per heavy atom. The molecule has 0 aromatic heterocycles. The van der Waals surface area contributed by atoms with E-state index in [0.717, 1.165) is 31.4 Å². The maximum absolute atomic E-state index is 9.00. The number of fused-ring (bicyclic) bond motifs is 1. The minimum absolute atomic E-state index is 0.142. The quantitative estimate of drug-likeness (QED) is 0.901. The van der Waals surface area contributed by atoms with Crippen LogP contribution in [0.2, 0.25) is 0 Å². The Hall–Kier alpha value is -1.53. The molecule has 19 heavy (non-hydrogen) atoms. The Morgan fingerprint density at radius 2 is 2.26 bits per heavy atom. The van der Waals surface area contributed by atoms with Gasteiger partial charge in [-0.3, -0.25) is 0 Å². The van der Waals surface area contributed by atoms with Gasteiger partial charge in [0, 0.05) is 6.04 Å². The molecule has 3 heteroatoms. The summed E-state index contributed by atoms with van der Waals surface area (Å²) < 4.78 is 5.88. The first-order chi connectivity index (χ1) is 9.03. The summed E-state index contributed by atoms with van der Waals surface area (Å²) in [5, 5.41) is 9.00. The molecular weight excluding hydrogens is 236 g/mol. The molecule has 0 amide bonds. The zero-order chi connectivity index (χ0) is 13.9. The number of nitrogens with two attached hydrogens (primary N) is 1. The van der Waals surface area contributed by atoms with Gasteiger partial charge in [0.25, 0.3) is 0 Å². The van der Waals surface area contributed by atoms with Crippen LogP contribution in [0.5, 0.6) is 5.75 Å². The second-order valence-electron chi connectivity index (χ2n) is 5.92. The molecule has 1 aliphatic rings. The highest BCUT2D eigenvalue weighted by Crippen LogP contribution is 2.34. The highest BCUT2D eigenvalue weighted by atomic mass is 16.5. The van der Waals surface area contributed by atoms with Crippen LogP contribution in [0.1, 0.15) is 50.3 Å². The standard InChI is InChI=1S/C16H22N2O/c1-16(2,11-17)9-10-19-15-8-4-5-12-13(15)6-3-7-14(12)18/h4-5,8,14H,3,6-7,9-10,18H2,1-2H3. The lowest BCUT2D eigenvalue weighted by atomic mass is 9.87. The van der Waals surface area contributed by atoms with E-state index >= 15 is 0 Å². The van der Waals surface area contributed by atoms with Crippen molar-refractivity contribution in [3.63, 3.8) is 0 Å². The van der Waals surface area contributed by atoms with Crippen molar-refractivity contribution in [1.82, 2.24) is 0 Å². The van der Waals surface area contributed by atoms with Gasteiger partial charge in [-0.05, 0) is 56.7 Å². The second-order valence-corrected chi connectivity index (χ2v) is 5.92. The third-order valence-corrected chi connectivity index (χ3v) is 3.80. The van der Waals surface area contributed by atoms with E-state index < -0.39 is 0 Å². The Balaban J connectivity index is 2.06. The van der Waals surface area contributed by atoms with E-state index in [0.29, 0.717) is 6.61 Å². The minimum Gasteiger partial charge on any atom is -0.493 e. The topological polar surface area (TPSA) is 59.0 Å². The van der Waals surface area contributed by atoms with E-state index in [1.54, 1.807) is 0 Å². The van der Waals surface area contributed by atoms with Crippen molar-refractivity contribution in [3.05, 3.63) is 29.3 Å². The van der Waals surface area contributed by atoms with Crippen LogP contribution in [0.15, 0.2) is 18.2 Å². The van der Waals surface area contributed by atoms with Gasteiger partial charge in [0.1, 0.15) is 5.75 Å². The molecule has 0 spiro atoms. The largest absolute Gasteiger partial charge is 0.493 e. The van der Waals surface area contributed by atoms with Crippen LogP contribution in [-0.4, -0.2) is 6.61 Å². The van der Waals surface area contributed by atoms with Crippen molar-refractivity contribution in [2.75, 3.05) is 6.61 Å². The molecule has 2 N–H and O–H groups in total. The molecule has 1 aromatic rings. The van der Waals surface area contributed by atoms with E-state index in [2.05, 4.69) is 12.1 Å². The van der Waals surface area contributed by atoms with Gasteiger partial charge >= 0.3 is 0 Å². The first kappa shape index (κ1) is 13.9. The lowest BCUT2D eigenvalue weighted by Crippen LogP contribution is -2.19. The first-order valence-electron chi connectivity index (χ1n) is 6.95. The molecule has 1 aromatic carbocycles. The Bertz CT molecular complexity index is 488. The lowest BCUT2D eigenvalue weighted by molar-refractivity contribution is 0.261. The van der Waals surface area contributed by atoms with Gasteiger partial charge in [-0.25, -0.2) is 0 Å². The third kappa shape index (κ3) is 3.27. The first-order valence-corrected chi connectivity index (χ1v) is 6.95. The van der Waals surface area contributed by atoms with Crippen molar-refractivity contribution < 1.29 is 4.74 Å². The number of benzene rings is 1. The van der Waals surface area contributed by atoms with Crippen LogP contribution in [0.25, 0.3) is 0 Å². The van der Waals surface area contributed by atoms with E-state index in [1.165, 1.54) is 11.1 Å². The van der Waals surface area contributed by atoms with E-state index in [9.17, 15) is 0 Å². The summed E-state index contributed by atoms with van der Waals surface area (Å²) in [6.07, 6.45) is 3.95. The second kappa shape index (κ2) is 5.63. The zero-order valence-electron chi connectivity index (χ0n) is 11.8. The molecule has 0 bridgehead atoms. The number of nitrogens with zero attached hydrogens (tertiary/aromatic N) is 1. The molecule has 0 radical (unpaired) electrons. The monoisotopic (exact) mass is 258 g/mol. The Kier molecular flexibility index (Phi) is 4.11. The average Bonchev–Trinajstić information content (AvgIpc) is 2.40. The van der Waals surface area contributed by atoms with E-state index in [4.69, 9.17) is 15.7 Å². The number of ether oxygens (including phenoxy) is 1. The molecule has 0 fully saturated rings. The smallest absolute Gasteiger partial charge is 0.122 e. The summed E-state index contributed by atoms with van der Waals surface area (Å²) in [5.41, 5.74) is 8.29.